The number of aliphatic hydroxyl groups is 5. The van der Waals surface area contributed by atoms with Gasteiger partial charge >= 0.3 is 0 Å². The third kappa shape index (κ3) is 20.7. The van der Waals surface area contributed by atoms with Gasteiger partial charge in [0.1, 0.15) is 48.1 Å². The smallest absolute Gasteiger partial charge is 0.243 e. The van der Waals surface area contributed by atoms with Crippen LogP contribution in [0.4, 0.5) is 0 Å². The van der Waals surface area contributed by atoms with Crippen molar-refractivity contribution in [2.24, 2.45) is 17.6 Å². The van der Waals surface area contributed by atoms with E-state index in [-0.39, 0.29) is 88.5 Å². The summed E-state index contributed by atoms with van der Waals surface area (Å²) >= 11 is 3.01. The SMILES string of the molecule is CC[C@H](C)[C@@H]1NC(=O)[C@H](CC(C)C)NC(=O)C2(CCOCC2)NC(O)CCSCc2cccc(n2)CSC[C@@H](C(=O)NC2CCN(CC(=O)N[C@H](CCC(=O)NCC[C@@H](O)[C@H](O)[C@H](O)CO)C(N)=O)CC2)NC1=O. The van der Waals surface area contributed by atoms with E-state index in [1.165, 1.54) is 11.8 Å². The van der Waals surface area contributed by atoms with Crippen LogP contribution in [0.3, 0.4) is 0 Å². The minimum absolute atomic E-state index is 0.0177. The molecule has 3 aliphatic heterocycles. The Labute approximate surface area is 442 Å². The monoisotopic (exact) mass is 1080 g/mol. The van der Waals surface area contributed by atoms with Gasteiger partial charge < -0.3 is 67.9 Å². The minimum Gasteiger partial charge on any atom is -0.394 e. The number of rotatable bonds is 19. The third-order valence-corrected chi connectivity index (χ3v) is 15.6. The molecule has 74 heavy (non-hydrogen) atoms. The van der Waals surface area contributed by atoms with Crippen molar-refractivity contribution in [2.45, 2.75) is 164 Å². The molecule has 9 atom stereocenters. The molecule has 2 bridgehead atoms. The fourth-order valence-electron chi connectivity index (χ4n) is 8.81. The minimum atomic E-state index is -1.60. The van der Waals surface area contributed by atoms with Crippen molar-refractivity contribution in [1.82, 2.24) is 47.1 Å². The quantitative estimate of drug-likeness (QED) is 0.0704. The molecule has 1 aromatic heterocycles. The zero-order valence-corrected chi connectivity index (χ0v) is 44.9. The molecular formula is C49H82N10O13S2. The number of pyridine rings is 1. The van der Waals surface area contributed by atoms with Crippen LogP contribution in [0.25, 0.3) is 0 Å². The lowest BCUT2D eigenvalue weighted by molar-refractivity contribution is -0.139. The fourth-order valence-corrected chi connectivity index (χ4v) is 10.7. The Morgan fingerprint density at radius 1 is 0.919 bits per heavy atom. The first-order valence-electron chi connectivity index (χ1n) is 25.8. The summed E-state index contributed by atoms with van der Waals surface area (Å²) in [6, 6.07) is 1.17. The molecule has 25 heteroatoms. The summed E-state index contributed by atoms with van der Waals surface area (Å²) < 4.78 is 5.60. The number of fused-ring (bicyclic) bond motifs is 2. The van der Waals surface area contributed by atoms with Gasteiger partial charge in [0.05, 0.1) is 30.6 Å². The van der Waals surface area contributed by atoms with E-state index in [0.29, 0.717) is 56.0 Å². The largest absolute Gasteiger partial charge is 0.394 e. The summed E-state index contributed by atoms with van der Waals surface area (Å²) in [5, 5.41) is 69.5. The molecular weight excluding hydrogens is 1000 g/mol. The Bertz CT molecular complexity index is 1980. The maximum atomic E-state index is 14.4. The second-order valence-corrected chi connectivity index (χ2v) is 22.1. The van der Waals surface area contributed by atoms with Gasteiger partial charge in [-0.2, -0.15) is 23.5 Å². The molecule has 2 saturated heterocycles. The van der Waals surface area contributed by atoms with Crippen LogP contribution in [0.2, 0.25) is 0 Å². The topological polar surface area (TPSA) is 356 Å². The lowest BCUT2D eigenvalue weighted by atomic mass is 9.87. The zero-order valence-electron chi connectivity index (χ0n) is 43.2. The number of hydrogen-bond donors (Lipinski definition) is 13. The van der Waals surface area contributed by atoms with Crippen LogP contribution < -0.4 is 43.0 Å². The number of piperidine rings is 1. The van der Waals surface area contributed by atoms with E-state index >= 15 is 0 Å². The van der Waals surface area contributed by atoms with Crippen LogP contribution in [-0.4, -0.2) is 195 Å². The first-order valence-corrected chi connectivity index (χ1v) is 28.1. The molecule has 14 N–H and O–H groups in total. The number of nitrogens with zero attached hydrogens (tertiary/aromatic N) is 2. The first-order chi connectivity index (χ1) is 35.2. The molecule has 1 unspecified atom stereocenters. The van der Waals surface area contributed by atoms with Crippen LogP contribution in [0.15, 0.2) is 18.2 Å². The predicted octanol–water partition coefficient (Wildman–Crippen LogP) is -2.13. The molecule has 4 heterocycles. The molecule has 23 nitrogen and oxygen atoms in total. The Kier molecular flexibility index (Phi) is 26.8. The number of nitrogens with one attached hydrogen (secondary N) is 7. The van der Waals surface area contributed by atoms with Gasteiger partial charge in [0.15, 0.2) is 0 Å². The number of thioether (sulfide) groups is 2. The van der Waals surface area contributed by atoms with Crippen LogP contribution in [0.1, 0.15) is 103 Å². The number of carbonyl (C=O) groups excluding carboxylic acids is 7. The average Bonchev–Trinajstić information content (AvgIpc) is 3.37. The number of primary amides is 1. The highest BCUT2D eigenvalue weighted by Crippen LogP contribution is 2.25. The molecule has 2 fully saturated rings. The number of carbonyl (C=O) groups is 7. The van der Waals surface area contributed by atoms with E-state index in [1.54, 1.807) is 11.8 Å². The van der Waals surface area contributed by atoms with Crippen LogP contribution >= 0.6 is 23.5 Å². The van der Waals surface area contributed by atoms with E-state index in [0.717, 1.165) is 11.4 Å². The highest BCUT2D eigenvalue weighted by atomic mass is 32.2. The molecule has 418 valence electrons. The number of hydrogen-bond acceptors (Lipinski definition) is 18. The normalized spacial score (nSPS) is 24.3. The van der Waals surface area contributed by atoms with Gasteiger partial charge in [-0.15, -0.1) is 0 Å². The van der Waals surface area contributed by atoms with Gasteiger partial charge in [-0.05, 0) is 81.1 Å². The Morgan fingerprint density at radius 3 is 2.23 bits per heavy atom. The van der Waals surface area contributed by atoms with Crippen molar-refractivity contribution in [3.8, 4) is 0 Å². The summed E-state index contributed by atoms with van der Waals surface area (Å²) in [7, 11) is 0. The lowest BCUT2D eigenvalue weighted by Crippen LogP contribution is -2.65. The van der Waals surface area contributed by atoms with Gasteiger partial charge in [0.25, 0.3) is 0 Å². The van der Waals surface area contributed by atoms with Gasteiger partial charge in [-0.25, -0.2) is 0 Å². The van der Waals surface area contributed by atoms with E-state index in [1.807, 2.05) is 50.8 Å². The summed E-state index contributed by atoms with van der Waals surface area (Å²) in [6.45, 7) is 8.06. The third-order valence-electron chi connectivity index (χ3n) is 13.5. The number of amides is 7. The Balaban J connectivity index is 1.42. The maximum absolute atomic E-state index is 14.4. The highest BCUT2D eigenvalue weighted by molar-refractivity contribution is 7.98. The second kappa shape index (κ2) is 31.8. The molecule has 0 aliphatic carbocycles. The Hall–Kier alpha value is -4.18. The van der Waals surface area contributed by atoms with Crippen molar-refractivity contribution in [3.05, 3.63) is 29.6 Å². The van der Waals surface area contributed by atoms with Crippen molar-refractivity contribution in [2.75, 3.05) is 57.5 Å². The van der Waals surface area contributed by atoms with E-state index in [4.69, 9.17) is 20.6 Å². The molecule has 0 aromatic carbocycles. The van der Waals surface area contributed by atoms with Crippen LogP contribution in [0, 0.1) is 11.8 Å². The van der Waals surface area contributed by atoms with E-state index < -0.39 is 102 Å². The van der Waals surface area contributed by atoms with Crippen molar-refractivity contribution >= 4 is 64.9 Å². The summed E-state index contributed by atoms with van der Waals surface area (Å²) in [6.07, 6.45) is -3.33. The lowest BCUT2D eigenvalue weighted by Gasteiger charge is -2.39. The molecule has 4 rings (SSSR count). The number of nitrogens with two attached hydrogens (primary N) is 1. The molecule has 3 aliphatic rings. The van der Waals surface area contributed by atoms with Gasteiger partial charge in [0, 0.05) is 62.6 Å². The Morgan fingerprint density at radius 2 is 1.59 bits per heavy atom. The van der Waals surface area contributed by atoms with Crippen molar-refractivity contribution < 1.29 is 63.8 Å². The number of aromatic nitrogens is 1. The fraction of sp³-hybridized carbons (Fsp3) is 0.755. The van der Waals surface area contributed by atoms with Gasteiger partial charge in [-0.1, -0.05) is 40.2 Å². The van der Waals surface area contributed by atoms with Crippen LogP contribution in [0.5, 0.6) is 0 Å². The van der Waals surface area contributed by atoms with Gasteiger partial charge in [-0.3, -0.25) is 48.8 Å². The highest BCUT2D eigenvalue weighted by Gasteiger charge is 2.43. The molecule has 1 spiro atoms. The zero-order chi connectivity index (χ0) is 54.4. The first kappa shape index (κ1) is 62.4. The number of aliphatic hydroxyl groups excluding tert-OH is 5. The maximum Gasteiger partial charge on any atom is 0.243 e. The van der Waals surface area contributed by atoms with E-state index in [9.17, 15) is 54.0 Å². The molecule has 0 saturated carbocycles. The number of likely N-dealkylation sites (tertiary alicyclic amines) is 1. The average molecular weight is 1080 g/mol. The van der Waals surface area contributed by atoms with Gasteiger partial charge in [0.2, 0.25) is 41.4 Å². The molecule has 1 aromatic rings. The van der Waals surface area contributed by atoms with Crippen molar-refractivity contribution in [1.29, 1.82) is 0 Å². The summed E-state index contributed by atoms with van der Waals surface area (Å²) in [4.78, 5) is 101. The molecule has 0 radical (unpaired) electrons. The van der Waals surface area contributed by atoms with Crippen LogP contribution in [-0.2, 0) is 49.8 Å². The van der Waals surface area contributed by atoms with Crippen molar-refractivity contribution in [3.63, 3.8) is 0 Å². The molecule has 7 amide bonds. The predicted molar refractivity (Wildman–Crippen MR) is 279 cm³/mol. The summed E-state index contributed by atoms with van der Waals surface area (Å²) in [5.41, 5.74) is 5.97. The second-order valence-electron chi connectivity index (χ2n) is 20.0. The summed E-state index contributed by atoms with van der Waals surface area (Å²) in [5.74, 6) is -2.42. The standard InChI is InChI=1S/C49H82N10O13S2/c1-5-30(4)42-47(70)55-36(46(69)53-31-12-18-59(19-13-31)24-41(65)54-34(44(50)67)9-10-39(63)51-17-11-37(61)43(66)38(62)25-60)28-74-27-33-8-6-7-32(52-33)26-73-22-14-40(64)58-49(15-20-72-21-16-49)48(71)56-35(23-29(2)3)45(68)57-42/h6-8,29-31,34-38,40,42-43,58,60-62,64,66H,5,9-28H2,1-4H3,(H2,50,67)(H,51,63)(H,53,69)(H,54,65)(H,55,70)(H,56,71)(H,57,68)/t30-,34+,35-,36-,37+,38+,40?,42-,43-/m0/s1. The number of ether oxygens (including phenoxy) is 1. The van der Waals surface area contributed by atoms with E-state index in [2.05, 4.69) is 37.2 Å².